The van der Waals surface area contributed by atoms with E-state index in [1.165, 1.54) is 52.0 Å². The van der Waals surface area contributed by atoms with Gasteiger partial charge in [0.15, 0.2) is 23.6 Å². The lowest BCUT2D eigenvalue weighted by molar-refractivity contribution is -0.346. The van der Waals surface area contributed by atoms with Crippen molar-refractivity contribution in [2.75, 3.05) is 6.61 Å². The molecule has 1 amide bonds. The summed E-state index contributed by atoms with van der Waals surface area (Å²) in [6.45, 7) is 7.46. The summed E-state index contributed by atoms with van der Waals surface area (Å²) in [7, 11) is 0. The molecule has 1 saturated heterocycles. The number of amides is 1. The Bertz CT molecular complexity index is 2530. The van der Waals surface area contributed by atoms with Crippen LogP contribution < -0.4 is 5.32 Å². The van der Waals surface area contributed by atoms with Gasteiger partial charge in [-0.3, -0.25) is 28.8 Å². The Hall–Kier alpha value is -6.76. The highest BCUT2D eigenvalue weighted by molar-refractivity contribution is 5.97. The summed E-state index contributed by atoms with van der Waals surface area (Å²) in [4.78, 5) is 110. The van der Waals surface area contributed by atoms with Gasteiger partial charge in [-0.1, -0.05) is 80.6 Å². The van der Waals surface area contributed by atoms with Gasteiger partial charge in [0.2, 0.25) is 0 Å². The minimum Gasteiger partial charge on any atom is -0.481 e. The molecule has 11 atom stereocenters. The van der Waals surface area contributed by atoms with Crippen molar-refractivity contribution in [3.63, 3.8) is 0 Å². The first-order valence-corrected chi connectivity index (χ1v) is 22.0. The summed E-state index contributed by atoms with van der Waals surface area (Å²) >= 11 is 0. The zero-order valence-corrected chi connectivity index (χ0v) is 38.2. The SMILES string of the molecule is CC(=O)O[C@H]1C(=O)[C@]2(C)[C@@H](OC(=O)CC(=O)O)C[C@H]3OC[C@@]3(OC(C)=O)[C@H]2[C@H](OC(=O)c2ccccc2)[C@]2(O)C[C@H](OC(=O)[C@H](O)[C@@H](NC(=O)c3ccccc3)c3ccccc3)C(C)=C1C2(C)C. The van der Waals surface area contributed by atoms with E-state index >= 15 is 4.79 Å². The number of carbonyl (C=O) groups excluding carboxylic acids is 7. The van der Waals surface area contributed by atoms with Gasteiger partial charge in [0.1, 0.15) is 36.4 Å². The number of hydrogen-bond acceptors (Lipinski definition) is 16. The third kappa shape index (κ3) is 8.67. The summed E-state index contributed by atoms with van der Waals surface area (Å²) in [6, 6.07) is 22.4. The Morgan fingerprint density at radius 2 is 1.40 bits per heavy atom. The summed E-state index contributed by atoms with van der Waals surface area (Å²) < 4.78 is 36.3. The molecule has 3 aromatic carbocycles. The lowest BCUT2D eigenvalue weighted by Crippen LogP contribution is -2.82. The average Bonchev–Trinajstić information content (AvgIpc) is 3.28. The summed E-state index contributed by atoms with van der Waals surface area (Å²) in [5, 5.41) is 38.0. The van der Waals surface area contributed by atoms with Crippen LogP contribution in [0.2, 0.25) is 0 Å². The lowest BCUT2D eigenvalue weighted by Gasteiger charge is -2.67. The van der Waals surface area contributed by atoms with E-state index in [2.05, 4.69) is 5.32 Å². The fourth-order valence-corrected chi connectivity index (χ4v) is 10.7. The van der Waals surface area contributed by atoms with Crippen molar-refractivity contribution in [3.05, 3.63) is 119 Å². The maximum atomic E-state index is 15.9. The van der Waals surface area contributed by atoms with Crippen LogP contribution in [0.15, 0.2) is 102 Å². The highest BCUT2D eigenvalue weighted by atomic mass is 16.6. The monoisotopic (exact) mass is 939 g/mol. The third-order valence-corrected chi connectivity index (χ3v) is 14.0. The van der Waals surface area contributed by atoms with E-state index in [0.717, 1.165) is 13.8 Å². The van der Waals surface area contributed by atoms with Crippen LogP contribution in [-0.2, 0) is 57.2 Å². The molecule has 0 spiro atoms. The van der Waals surface area contributed by atoms with Crippen molar-refractivity contribution < 1.29 is 82.1 Å². The van der Waals surface area contributed by atoms with Crippen LogP contribution >= 0.6 is 0 Å². The smallest absolute Gasteiger partial charge is 0.338 e. The minimum absolute atomic E-state index is 0.0108. The largest absolute Gasteiger partial charge is 0.481 e. The lowest BCUT2D eigenvalue weighted by atomic mass is 9.44. The van der Waals surface area contributed by atoms with Crippen LogP contribution in [0.25, 0.3) is 0 Å². The normalized spacial score (nSPS) is 29.9. The minimum atomic E-state index is -2.53. The van der Waals surface area contributed by atoms with Crippen molar-refractivity contribution in [1.82, 2.24) is 5.32 Å². The number of nitrogens with one attached hydrogen (secondary N) is 1. The number of aliphatic carboxylic acids is 1. The molecule has 360 valence electrons. The Labute approximate surface area is 390 Å². The first kappa shape index (κ1) is 49.2. The molecule has 1 heterocycles. The van der Waals surface area contributed by atoms with Gasteiger partial charge in [0, 0.05) is 37.7 Å². The Balaban J connectivity index is 1.42. The fraction of sp³-hybridized carbons (Fsp3) is 0.440. The topological polar surface area (TPSA) is 265 Å². The highest BCUT2D eigenvalue weighted by Crippen LogP contribution is 2.65. The van der Waals surface area contributed by atoms with Crippen LogP contribution in [0.5, 0.6) is 0 Å². The quantitative estimate of drug-likeness (QED) is 0.0823. The van der Waals surface area contributed by atoms with Crippen LogP contribution in [0.1, 0.15) is 93.1 Å². The Morgan fingerprint density at radius 3 is 1.94 bits per heavy atom. The molecule has 7 rings (SSSR count). The number of esters is 5. The zero-order valence-electron chi connectivity index (χ0n) is 38.2. The predicted octanol–water partition coefficient (Wildman–Crippen LogP) is 3.76. The predicted molar refractivity (Wildman–Crippen MR) is 234 cm³/mol. The molecule has 3 aromatic rings. The van der Waals surface area contributed by atoms with Gasteiger partial charge in [-0.25, -0.2) is 9.59 Å². The second-order valence-corrected chi connectivity index (χ2v) is 18.4. The maximum Gasteiger partial charge on any atom is 0.338 e. The molecule has 4 aliphatic rings. The van der Waals surface area contributed by atoms with Crippen molar-refractivity contribution in [2.24, 2.45) is 16.7 Å². The van der Waals surface area contributed by atoms with Crippen LogP contribution in [-0.4, -0.2) is 117 Å². The van der Waals surface area contributed by atoms with E-state index < -0.39 is 138 Å². The average molecular weight is 940 g/mol. The van der Waals surface area contributed by atoms with E-state index in [0.29, 0.717) is 5.56 Å². The van der Waals surface area contributed by atoms with Gasteiger partial charge < -0.3 is 49.1 Å². The molecule has 3 aliphatic carbocycles. The van der Waals surface area contributed by atoms with Gasteiger partial charge in [-0.2, -0.15) is 0 Å². The molecular formula is C50H53NO17. The molecule has 4 N–H and O–H groups in total. The zero-order chi connectivity index (χ0) is 49.5. The first-order valence-electron chi connectivity index (χ1n) is 22.0. The van der Waals surface area contributed by atoms with Gasteiger partial charge in [-0.05, 0) is 54.8 Å². The third-order valence-electron chi connectivity index (χ3n) is 14.0. The second kappa shape index (κ2) is 18.7. The van der Waals surface area contributed by atoms with Crippen molar-refractivity contribution in [1.29, 1.82) is 0 Å². The molecule has 2 saturated carbocycles. The molecule has 3 fully saturated rings. The Kier molecular flexibility index (Phi) is 13.5. The fourth-order valence-electron chi connectivity index (χ4n) is 10.7. The molecule has 0 radical (unpaired) electrons. The van der Waals surface area contributed by atoms with E-state index in [1.807, 2.05) is 0 Å². The molecule has 18 heteroatoms. The van der Waals surface area contributed by atoms with E-state index in [1.54, 1.807) is 66.7 Å². The number of hydrogen-bond donors (Lipinski definition) is 4. The number of benzene rings is 3. The van der Waals surface area contributed by atoms with Gasteiger partial charge >= 0.3 is 35.8 Å². The molecule has 0 aromatic heterocycles. The van der Waals surface area contributed by atoms with Crippen molar-refractivity contribution >= 4 is 47.5 Å². The summed E-state index contributed by atoms with van der Waals surface area (Å²) in [6.07, 6.45) is -12.7. The van der Waals surface area contributed by atoms with Gasteiger partial charge in [0.25, 0.3) is 5.91 Å². The number of ketones is 1. The number of fused-ring (bicyclic) bond motifs is 5. The maximum absolute atomic E-state index is 15.9. The van der Waals surface area contributed by atoms with E-state index in [4.69, 9.17) is 28.4 Å². The van der Waals surface area contributed by atoms with Crippen LogP contribution in [0, 0.1) is 16.7 Å². The molecular weight excluding hydrogens is 887 g/mol. The highest BCUT2D eigenvalue weighted by Gasteiger charge is 2.79. The number of carboxylic acid groups (broad SMARTS) is 1. The van der Waals surface area contributed by atoms with Crippen molar-refractivity contribution in [2.45, 2.75) is 115 Å². The number of Topliss-reactive ketones (excluding diaryl/α,β-unsaturated/α-hetero) is 1. The molecule has 1 aliphatic heterocycles. The molecule has 68 heavy (non-hydrogen) atoms. The standard InChI is InChI=1S/C50H53NO17/c1-26-32(65-46(61)39(57)38(29-16-10-7-11-17-29)51-44(59)30-18-12-8-13-19-30)24-50(62)43(67-45(60)31-20-14-9-15-21-31)41-48(6,42(58)40(64-27(2)52)37(26)47(50,4)5)33(66-36(56)23-35(54)55)22-34-49(41,25-63-34)68-28(3)53/h7-21,32-34,38-41,43,57,62H,22-25H2,1-6H3,(H,51,59)(H,54,55)/t32-,33-,34+,38-,39+,40+,41-,43-,48+,49-,50+/m0/s1. The molecule has 2 bridgehead atoms. The number of aliphatic hydroxyl groups is 2. The number of ether oxygens (including phenoxy) is 6. The first-order chi connectivity index (χ1) is 32.1. The number of carbonyl (C=O) groups is 8. The van der Waals surface area contributed by atoms with Gasteiger partial charge in [0.05, 0.1) is 29.5 Å². The van der Waals surface area contributed by atoms with E-state index in [9.17, 15) is 48.9 Å². The van der Waals surface area contributed by atoms with Crippen LogP contribution in [0.3, 0.4) is 0 Å². The Morgan fingerprint density at radius 1 is 0.809 bits per heavy atom. The molecule has 18 nitrogen and oxygen atoms in total. The summed E-state index contributed by atoms with van der Waals surface area (Å²) in [5.41, 5.74) is -8.02. The van der Waals surface area contributed by atoms with Gasteiger partial charge in [-0.15, -0.1) is 0 Å². The van der Waals surface area contributed by atoms with Crippen molar-refractivity contribution in [3.8, 4) is 0 Å². The number of carboxylic acids is 1. The number of rotatable bonds is 13. The molecule has 0 unspecified atom stereocenters. The van der Waals surface area contributed by atoms with Crippen LogP contribution in [0.4, 0.5) is 0 Å². The second-order valence-electron chi connectivity index (χ2n) is 18.4. The number of aliphatic hydroxyl groups excluding tert-OH is 1. The van der Waals surface area contributed by atoms with E-state index in [-0.39, 0.29) is 28.7 Å². The summed E-state index contributed by atoms with van der Waals surface area (Å²) in [5.74, 6) is -10.4.